The van der Waals surface area contributed by atoms with Gasteiger partial charge < -0.3 is 5.73 Å². The Morgan fingerprint density at radius 3 is 3.00 bits per heavy atom. The summed E-state index contributed by atoms with van der Waals surface area (Å²) in [6.45, 7) is 0. The van der Waals surface area contributed by atoms with Crippen LogP contribution in [0.15, 0.2) is 23.0 Å². The van der Waals surface area contributed by atoms with E-state index in [0.29, 0.717) is 17.8 Å². The number of carbonyl (C=O) groups is 1. The SMILES string of the molecule is Cn1ncc(C(=O)CCc2ccsc2)c1N. The molecule has 0 saturated carbocycles. The first-order chi connectivity index (χ1) is 7.68. The Labute approximate surface area is 97.7 Å². The van der Waals surface area contributed by atoms with Crippen molar-refractivity contribution in [3.8, 4) is 0 Å². The molecule has 16 heavy (non-hydrogen) atoms. The summed E-state index contributed by atoms with van der Waals surface area (Å²) >= 11 is 1.64. The van der Waals surface area contributed by atoms with Crippen LogP contribution in [0.4, 0.5) is 5.82 Å². The largest absolute Gasteiger partial charge is 0.383 e. The second kappa shape index (κ2) is 4.49. The van der Waals surface area contributed by atoms with Crippen LogP contribution in [0.2, 0.25) is 0 Å². The molecule has 2 rings (SSSR count). The third kappa shape index (κ3) is 2.14. The monoisotopic (exact) mass is 235 g/mol. The van der Waals surface area contributed by atoms with Crippen LogP contribution in [0.3, 0.4) is 0 Å². The molecular formula is C11H13N3OS. The molecule has 0 unspecified atom stereocenters. The van der Waals surface area contributed by atoms with Crippen molar-refractivity contribution in [3.63, 3.8) is 0 Å². The summed E-state index contributed by atoms with van der Waals surface area (Å²) in [6, 6.07) is 2.03. The molecule has 0 fully saturated rings. The fourth-order valence-electron chi connectivity index (χ4n) is 1.49. The van der Waals surface area contributed by atoms with Crippen molar-refractivity contribution in [2.75, 3.05) is 5.73 Å². The third-order valence-electron chi connectivity index (χ3n) is 2.51. The number of aromatic nitrogens is 2. The number of nitrogens with two attached hydrogens (primary N) is 1. The minimum absolute atomic E-state index is 0.0526. The Morgan fingerprint density at radius 1 is 1.62 bits per heavy atom. The number of aryl methyl sites for hydroxylation is 2. The molecule has 2 N–H and O–H groups in total. The summed E-state index contributed by atoms with van der Waals surface area (Å²) in [5.41, 5.74) is 7.46. The lowest BCUT2D eigenvalue weighted by Crippen LogP contribution is -2.05. The van der Waals surface area contributed by atoms with Crippen molar-refractivity contribution in [1.82, 2.24) is 9.78 Å². The van der Waals surface area contributed by atoms with Crippen molar-refractivity contribution in [2.24, 2.45) is 7.05 Å². The zero-order chi connectivity index (χ0) is 11.5. The number of hydrogen-bond acceptors (Lipinski definition) is 4. The molecule has 0 aromatic carbocycles. The summed E-state index contributed by atoms with van der Waals surface area (Å²) in [5, 5.41) is 8.02. The first-order valence-corrected chi connectivity index (χ1v) is 5.94. The minimum atomic E-state index is 0.0526. The van der Waals surface area contributed by atoms with Gasteiger partial charge in [0.15, 0.2) is 5.78 Å². The average molecular weight is 235 g/mol. The summed E-state index contributed by atoms with van der Waals surface area (Å²) in [6.07, 6.45) is 2.77. The number of Topliss-reactive ketones (excluding diaryl/α,β-unsaturated/α-hetero) is 1. The summed E-state index contributed by atoms with van der Waals surface area (Å²) in [7, 11) is 1.73. The number of nitrogen functional groups attached to an aromatic ring is 1. The van der Waals surface area contributed by atoms with Gasteiger partial charge in [0.2, 0.25) is 0 Å². The molecule has 0 bridgehead atoms. The van der Waals surface area contributed by atoms with E-state index in [9.17, 15) is 4.79 Å². The maximum Gasteiger partial charge on any atom is 0.168 e. The molecule has 84 valence electrons. The highest BCUT2D eigenvalue weighted by molar-refractivity contribution is 7.07. The van der Waals surface area contributed by atoms with Gasteiger partial charge in [-0.3, -0.25) is 9.48 Å². The van der Waals surface area contributed by atoms with Crippen molar-refractivity contribution < 1.29 is 4.79 Å². The molecule has 0 aliphatic rings. The van der Waals surface area contributed by atoms with E-state index in [0.717, 1.165) is 6.42 Å². The van der Waals surface area contributed by atoms with E-state index < -0.39 is 0 Å². The van der Waals surface area contributed by atoms with Crippen molar-refractivity contribution in [1.29, 1.82) is 0 Å². The zero-order valence-corrected chi connectivity index (χ0v) is 9.83. The Bertz CT molecular complexity index is 487. The van der Waals surface area contributed by atoms with Crippen molar-refractivity contribution >= 4 is 22.9 Å². The quantitative estimate of drug-likeness (QED) is 0.823. The van der Waals surface area contributed by atoms with E-state index in [4.69, 9.17) is 5.73 Å². The van der Waals surface area contributed by atoms with Crippen LogP contribution in [-0.4, -0.2) is 15.6 Å². The van der Waals surface area contributed by atoms with E-state index in [-0.39, 0.29) is 5.78 Å². The Hall–Kier alpha value is -1.62. The second-order valence-electron chi connectivity index (χ2n) is 3.62. The van der Waals surface area contributed by atoms with E-state index >= 15 is 0 Å². The smallest absolute Gasteiger partial charge is 0.168 e. The molecule has 0 spiro atoms. The van der Waals surface area contributed by atoms with Gasteiger partial charge in [-0.2, -0.15) is 16.4 Å². The molecule has 0 amide bonds. The van der Waals surface area contributed by atoms with E-state index in [1.54, 1.807) is 18.4 Å². The van der Waals surface area contributed by atoms with Crippen LogP contribution >= 0.6 is 11.3 Å². The van der Waals surface area contributed by atoms with Gasteiger partial charge in [0.1, 0.15) is 5.82 Å². The van der Waals surface area contributed by atoms with Crippen LogP contribution < -0.4 is 5.73 Å². The van der Waals surface area contributed by atoms with Crippen LogP contribution in [0, 0.1) is 0 Å². The van der Waals surface area contributed by atoms with Gasteiger partial charge in [-0.1, -0.05) is 0 Å². The first kappa shape index (κ1) is 10.9. The second-order valence-corrected chi connectivity index (χ2v) is 4.40. The van der Waals surface area contributed by atoms with Gasteiger partial charge in [-0.05, 0) is 28.8 Å². The number of hydrogen-bond donors (Lipinski definition) is 1. The van der Waals surface area contributed by atoms with Crippen molar-refractivity contribution in [2.45, 2.75) is 12.8 Å². The van der Waals surface area contributed by atoms with Crippen LogP contribution in [-0.2, 0) is 13.5 Å². The summed E-state index contributed by atoms with van der Waals surface area (Å²) < 4.78 is 1.51. The number of anilines is 1. The number of nitrogens with zero attached hydrogens (tertiary/aromatic N) is 2. The molecule has 0 aliphatic carbocycles. The van der Waals surface area contributed by atoms with E-state index in [2.05, 4.69) is 10.5 Å². The molecule has 0 saturated heterocycles. The minimum Gasteiger partial charge on any atom is -0.383 e. The van der Waals surface area contributed by atoms with Gasteiger partial charge in [0.25, 0.3) is 0 Å². The summed E-state index contributed by atoms with van der Waals surface area (Å²) in [5.74, 6) is 0.493. The van der Waals surface area contributed by atoms with Crippen LogP contribution in [0.25, 0.3) is 0 Å². The van der Waals surface area contributed by atoms with Gasteiger partial charge in [0, 0.05) is 13.5 Å². The van der Waals surface area contributed by atoms with Gasteiger partial charge in [0.05, 0.1) is 11.8 Å². The first-order valence-electron chi connectivity index (χ1n) is 5.00. The number of thiophene rings is 1. The fourth-order valence-corrected chi connectivity index (χ4v) is 2.19. The molecule has 2 heterocycles. The molecule has 0 aliphatic heterocycles. The maximum atomic E-state index is 11.8. The molecule has 5 heteroatoms. The molecule has 2 aromatic heterocycles. The summed E-state index contributed by atoms with van der Waals surface area (Å²) in [4.78, 5) is 11.8. The normalized spacial score (nSPS) is 10.6. The highest BCUT2D eigenvalue weighted by atomic mass is 32.1. The highest BCUT2D eigenvalue weighted by Crippen LogP contribution is 2.15. The number of carbonyl (C=O) groups excluding carboxylic acids is 1. The molecule has 4 nitrogen and oxygen atoms in total. The fraction of sp³-hybridized carbons (Fsp3) is 0.273. The third-order valence-corrected chi connectivity index (χ3v) is 3.24. The molecule has 0 radical (unpaired) electrons. The van der Waals surface area contributed by atoms with E-state index in [1.807, 2.05) is 11.4 Å². The Kier molecular flexibility index (Phi) is 3.05. The number of ketones is 1. The Balaban J connectivity index is 2.01. The van der Waals surface area contributed by atoms with Gasteiger partial charge >= 0.3 is 0 Å². The molecule has 0 atom stereocenters. The van der Waals surface area contributed by atoms with Crippen molar-refractivity contribution in [3.05, 3.63) is 34.2 Å². The predicted molar refractivity (Wildman–Crippen MR) is 64.6 cm³/mol. The van der Waals surface area contributed by atoms with Gasteiger partial charge in [-0.15, -0.1) is 0 Å². The van der Waals surface area contributed by atoms with Gasteiger partial charge in [-0.25, -0.2) is 0 Å². The lowest BCUT2D eigenvalue weighted by atomic mass is 10.1. The lowest BCUT2D eigenvalue weighted by molar-refractivity contribution is 0.0983. The average Bonchev–Trinajstić information content (AvgIpc) is 2.88. The number of rotatable bonds is 4. The molecular weight excluding hydrogens is 222 g/mol. The zero-order valence-electron chi connectivity index (χ0n) is 9.01. The molecule has 2 aromatic rings. The van der Waals surface area contributed by atoms with Crippen LogP contribution in [0.1, 0.15) is 22.3 Å². The lowest BCUT2D eigenvalue weighted by Gasteiger charge is -1.99. The predicted octanol–water partition coefficient (Wildman–Crippen LogP) is 1.88. The maximum absolute atomic E-state index is 11.8. The Morgan fingerprint density at radius 2 is 2.44 bits per heavy atom. The van der Waals surface area contributed by atoms with Crippen LogP contribution in [0.5, 0.6) is 0 Å². The van der Waals surface area contributed by atoms with E-state index in [1.165, 1.54) is 16.4 Å². The topological polar surface area (TPSA) is 60.9 Å². The highest BCUT2D eigenvalue weighted by Gasteiger charge is 2.13. The standard InChI is InChI=1S/C11H13N3OS/c1-14-11(12)9(6-13-14)10(15)3-2-8-4-5-16-7-8/h4-7H,2-3,12H2,1H3.